The minimum absolute atomic E-state index is 0.323. The number of rotatable bonds is 8. The molecular formula is C20H21N5OS. The lowest BCUT2D eigenvalue weighted by molar-refractivity contribution is 0.293. The molecule has 0 fully saturated rings. The van der Waals surface area contributed by atoms with E-state index in [4.69, 9.17) is 4.74 Å². The van der Waals surface area contributed by atoms with Gasteiger partial charge in [-0.15, -0.1) is 15.3 Å². The predicted molar refractivity (Wildman–Crippen MR) is 108 cm³/mol. The highest BCUT2D eigenvalue weighted by Gasteiger charge is 2.12. The van der Waals surface area contributed by atoms with E-state index in [2.05, 4.69) is 51.8 Å². The lowest BCUT2D eigenvalue weighted by Crippen LogP contribution is -2.04. The maximum absolute atomic E-state index is 5.88. The van der Waals surface area contributed by atoms with Crippen molar-refractivity contribution >= 4 is 21.4 Å². The summed E-state index contributed by atoms with van der Waals surface area (Å²) in [4.78, 5) is 0.770. The molecule has 0 bridgehead atoms. The predicted octanol–water partition coefficient (Wildman–Crippen LogP) is 4.64. The Morgan fingerprint density at radius 2 is 1.78 bits per heavy atom. The molecule has 2 aromatic carbocycles. The van der Waals surface area contributed by atoms with Crippen LogP contribution in [0.5, 0.6) is 5.75 Å². The Balaban J connectivity index is 1.41. The molecule has 0 aliphatic carbocycles. The van der Waals surface area contributed by atoms with Gasteiger partial charge in [0, 0.05) is 6.54 Å². The first-order valence-electron chi connectivity index (χ1n) is 9.07. The second kappa shape index (κ2) is 8.18. The summed E-state index contributed by atoms with van der Waals surface area (Å²) in [7, 11) is 0. The van der Waals surface area contributed by atoms with E-state index in [1.54, 1.807) is 4.52 Å². The zero-order valence-corrected chi connectivity index (χ0v) is 15.9. The topological polar surface area (TPSA) is 64.3 Å². The molecule has 0 spiro atoms. The smallest absolute Gasteiger partial charge is 0.236 e. The Kier molecular flexibility index (Phi) is 5.29. The van der Waals surface area contributed by atoms with Crippen LogP contribution in [0.1, 0.15) is 25.6 Å². The van der Waals surface area contributed by atoms with Crippen LogP contribution in [0.15, 0.2) is 54.6 Å². The molecule has 0 saturated heterocycles. The number of ether oxygens (including phenoxy) is 1. The van der Waals surface area contributed by atoms with Gasteiger partial charge in [-0.05, 0) is 29.7 Å². The van der Waals surface area contributed by atoms with E-state index in [0.717, 1.165) is 40.8 Å². The maximum atomic E-state index is 5.88. The van der Waals surface area contributed by atoms with Crippen molar-refractivity contribution in [3.05, 3.63) is 60.4 Å². The number of fused-ring (bicyclic) bond motifs is 1. The molecule has 2 heterocycles. The molecule has 0 amide bonds. The van der Waals surface area contributed by atoms with Crippen LogP contribution in [0, 0.1) is 0 Å². The van der Waals surface area contributed by atoms with Crippen molar-refractivity contribution in [3.8, 4) is 16.9 Å². The quantitative estimate of drug-likeness (QED) is 0.452. The van der Waals surface area contributed by atoms with Gasteiger partial charge in [0.1, 0.15) is 12.4 Å². The van der Waals surface area contributed by atoms with Gasteiger partial charge in [-0.3, -0.25) is 0 Å². The van der Waals surface area contributed by atoms with Crippen LogP contribution in [-0.2, 0) is 6.61 Å². The number of hydrogen-bond acceptors (Lipinski definition) is 6. The van der Waals surface area contributed by atoms with Crippen LogP contribution >= 0.6 is 11.3 Å². The average molecular weight is 379 g/mol. The third kappa shape index (κ3) is 4.09. The van der Waals surface area contributed by atoms with Crippen molar-refractivity contribution in [1.29, 1.82) is 0 Å². The molecule has 2 aromatic heterocycles. The highest BCUT2D eigenvalue weighted by atomic mass is 32.1. The summed E-state index contributed by atoms with van der Waals surface area (Å²) >= 11 is 1.50. The second-order valence-corrected chi connectivity index (χ2v) is 7.13. The van der Waals surface area contributed by atoms with Crippen LogP contribution < -0.4 is 10.1 Å². The zero-order chi connectivity index (χ0) is 18.5. The van der Waals surface area contributed by atoms with Gasteiger partial charge in [0.15, 0.2) is 5.82 Å². The van der Waals surface area contributed by atoms with E-state index in [0.29, 0.717) is 12.4 Å². The largest absolute Gasteiger partial charge is 0.486 e. The molecule has 0 radical (unpaired) electrons. The number of nitrogens with one attached hydrogen (secondary N) is 1. The van der Waals surface area contributed by atoms with Gasteiger partial charge in [-0.1, -0.05) is 67.1 Å². The van der Waals surface area contributed by atoms with Crippen LogP contribution in [0.2, 0.25) is 0 Å². The molecule has 0 saturated carbocycles. The van der Waals surface area contributed by atoms with Crippen molar-refractivity contribution < 1.29 is 4.74 Å². The summed E-state index contributed by atoms with van der Waals surface area (Å²) in [6.45, 7) is 3.41. The molecule has 4 rings (SSSR count). The molecule has 0 unspecified atom stereocenters. The third-order valence-corrected chi connectivity index (χ3v) is 5.05. The highest BCUT2D eigenvalue weighted by Crippen LogP contribution is 2.23. The summed E-state index contributed by atoms with van der Waals surface area (Å²) in [5.41, 5.74) is 2.35. The minimum Gasteiger partial charge on any atom is -0.486 e. The van der Waals surface area contributed by atoms with Gasteiger partial charge in [0.25, 0.3) is 0 Å². The lowest BCUT2D eigenvalue weighted by Gasteiger charge is -2.06. The zero-order valence-electron chi connectivity index (χ0n) is 15.1. The normalized spacial score (nSPS) is 11.0. The first kappa shape index (κ1) is 17.5. The van der Waals surface area contributed by atoms with E-state index in [1.165, 1.54) is 16.9 Å². The second-order valence-electron chi connectivity index (χ2n) is 6.18. The first-order valence-corrected chi connectivity index (χ1v) is 9.88. The molecule has 7 heteroatoms. The summed E-state index contributed by atoms with van der Waals surface area (Å²) < 4.78 is 7.63. The van der Waals surface area contributed by atoms with Crippen molar-refractivity contribution in [2.24, 2.45) is 0 Å². The van der Waals surface area contributed by atoms with Gasteiger partial charge >= 0.3 is 0 Å². The van der Waals surface area contributed by atoms with E-state index in [9.17, 15) is 0 Å². The third-order valence-electron chi connectivity index (χ3n) is 4.19. The Labute approximate surface area is 161 Å². The van der Waals surface area contributed by atoms with Crippen molar-refractivity contribution in [2.45, 2.75) is 26.4 Å². The Hall–Kier alpha value is -2.93. The fourth-order valence-electron chi connectivity index (χ4n) is 2.71. The van der Waals surface area contributed by atoms with Gasteiger partial charge in [0.05, 0.1) is 0 Å². The van der Waals surface area contributed by atoms with E-state index >= 15 is 0 Å². The molecule has 27 heavy (non-hydrogen) atoms. The summed E-state index contributed by atoms with van der Waals surface area (Å²) in [6.07, 6.45) is 2.27. The molecule has 0 aliphatic heterocycles. The number of nitrogens with zero attached hydrogens (tertiary/aromatic N) is 4. The SMILES string of the molecule is CCCCNc1nn2c(COc3ccc(-c4ccccc4)cc3)nnc2s1. The monoisotopic (exact) mass is 379 g/mol. The molecular weight excluding hydrogens is 358 g/mol. The van der Waals surface area contributed by atoms with Gasteiger partial charge in [-0.2, -0.15) is 4.52 Å². The summed E-state index contributed by atoms with van der Waals surface area (Å²) in [5.74, 6) is 1.49. The van der Waals surface area contributed by atoms with Gasteiger partial charge in [-0.25, -0.2) is 0 Å². The maximum Gasteiger partial charge on any atom is 0.236 e. The lowest BCUT2D eigenvalue weighted by atomic mass is 10.1. The molecule has 0 atom stereocenters. The number of unbranched alkanes of at least 4 members (excludes halogenated alkanes) is 1. The molecule has 138 valence electrons. The Bertz CT molecular complexity index is 994. The van der Waals surface area contributed by atoms with Crippen molar-refractivity contribution in [2.75, 3.05) is 11.9 Å². The average Bonchev–Trinajstić information content (AvgIpc) is 3.28. The molecule has 1 N–H and O–H groups in total. The van der Waals surface area contributed by atoms with Crippen molar-refractivity contribution in [1.82, 2.24) is 19.8 Å². The highest BCUT2D eigenvalue weighted by molar-refractivity contribution is 7.20. The van der Waals surface area contributed by atoms with Crippen molar-refractivity contribution in [3.63, 3.8) is 0 Å². The summed E-state index contributed by atoms with van der Waals surface area (Å²) in [5, 5.41) is 17.1. The van der Waals surface area contributed by atoms with Gasteiger partial charge in [0.2, 0.25) is 10.1 Å². The Morgan fingerprint density at radius 3 is 2.56 bits per heavy atom. The van der Waals surface area contributed by atoms with E-state index in [1.807, 2.05) is 30.3 Å². The minimum atomic E-state index is 0.323. The van der Waals surface area contributed by atoms with Crippen LogP contribution in [0.3, 0.4) is 0 Å². The fourth-order valence-corrected chi connectivity index (χ4v) is 3.50. The van der Waals surface area contributed by atoms with Crippen LogP contribution in [0.25, 0.3) is 16.1 Å². The van der Waals surface area contributed by atoms with Gasteiger partial charge < -0.3 is 10.1 Å². The number of anilines is 1. The number of benzene rings is 2. The fraction of sp³-hybridized carbons (Fsp3) is 0.250. The van der Waals surface area contributed by atoms with E-state index < -0.39 is 0 Å². The molecule has 4 aromatic rings. The molecule has 6 nitrogen and oxygen atoms in total. The Morgan fingerprint density at radius 1 is 1.00 bits per heavy atom. The van der Waals surface area contributed by atoms with Crippen LogP contribution in [-0.4, -0.2) is 26.4 Å². The van der Waals surface area contributed by atoms with E-state index in [-0.39, 0.29) is 0 Å². The standard InChI is InChI=1S/C20H21N5OS/c1-2-3-13-21-19-24-25-18(22-23-20(25)27-19)14-26-17-11-9-16(10-12-17)15-7-5-4-6-8-15/h4-12H,2-3,13-14H2,1H3,(H,21,24). The first-order chi connectivity index (χ1) is 13.3. The molecule has 0 aliphatic rings. The van der Waals surface area contributed by atoms with Crippen LogP contribution in [0.4, 0.5) is 5.13 Å². The number of aromatic nitrogens is 4. The summed E-state index contributed by atoms with van der Waals surface area (Å²) in [6, 6.07) is 18.3. The number of hydrogen-bond donors (Lipinski definition) is 1.